The van der Waals surface area contributed by atoms with Crippen LogP contribution in [0.3, 0.4) is 0 Å². The van der Waals surface area contributed by atoms with Crippen molar-refractivity contribution in [1.29, 1.82) is 0 Å². The van der Waals surface area contributed by atoms with Gasteiger partial charge in [-0.25, -0.2) is 0 Å². The van der Waals surface area contributed by atoms with Gasteiger partial charge in [-0.2, -0.15) is 0 Å². The second-order valence-electron chi connectivity index (χ2n) is 8.18. The summed E-state index contributed by atoms with van der Waals surface area (Å²) in [6.45, 7) is 8.38. The normalized spacial score (nSPS) is 21.7. The smallest absolute Gasteiger partial charge is 0.247 e. The summed E-state index contributed by atoms with van der Waals surface area (Å²) in [7, 11) is 1.65. The van der Waals surface area contributed by atoms with Gasteiger partial charge in [-0.15, -0.1) is 16.6 Å². The van der Waals surface area contributed by atoms with Crippen molar-refractivity contribution in [3.8, 4) is 29.5 Å². The maximum Gasteiger partial charge on any atom is 0.247 e. The van der Waals surface area contributed by atoms with Crippen LogP contribution in [0.4, 0.5) is 0 Å². The van der Waals surface area contributed by atoms with E-state index in [4.69, 9.17) is 15.6 Å². The van der Waals surface area contributed by atoms with E-state index in [2.05, 4.69) is 48.3 Å². The Morgan fingerprint density at radius 1 is 1.28 bits per heavy atom. The minimum atomic E-state index is 0.426. The molecule has 0 aliphatic heterocycles. The molecule has 154 valence electrons. The van der Waals surface area contributed by atoms with Crippen molar-refractivity contribution in [1.82, 2.24) is 15.5 Å². The number of ether oxygens (including phenoxy) is 1. The summed E-state index contributed by atoms with van der Waals surface area (Å²) < 4.78 is 11.2. The molecule has 1 N–H and O–H groups in total. The Kier molecular flexibility index (Phi) is 7.11. The predicted octanol–water partition coefficient (Wildman–Crippen LogP) is 4.37. The van der Waals surface area contributed by atoms with Gasteiger partial charge < -0.3 is 14.5 Å². The van der Waals surface area contributed by atoms with E-state index >= 15 is 0 Å². The third-order valence-electron chi connectivity index (χ3n) is 5.92. The first kappa shape index (κ1) is 21.1. The molecule has 1 aromatic carbocycles. The largest absolute Gasteiger partial charge is 0.497 e. The first-order valence-electron chi connectivity index (χ1n) is 10.3. The Balaban J connectivity index is 1.70. The third-order valence-corrected chi connectivity index (χ3v) is 5.92. The van der Waals surface area contributed by atoms with Gasteiger partial charge >= 0.3 is 0 Å². The molecule has 5 heteroatoms. The van der Waals surface area contributed by atoms with Crippen molar-refractivity contribution < 1.29 is 9.15 Å². The zero-order chi connectivity index (χ0) is 20.8. The van der Waals surface area contributed by atoms with E-state index < -0.39 is 0 Å². The molecule has 0 radical (unpaired) electrons. The summed E-state index contributed by atoms with van der Waals surface area (Å²) in [5.41, 5.74) is 2.30. The Morgan fingerprint density at radius 3 is 2.69 bits per heavy atom. The average molecular weight is 394 g/mol. The van der Waals surface area contributed by atoms with Gasteiger partial charge in [-0.05, 0) is 61.3 Å². The molecular formula is C24H31N3O2. The van der Waals surface area contributed by atoms with Gasteiger partial charge in [0.05, 0.1) is 13.7 Å². The van der Waals surface area contributed by atoms with Crippen molar-refractivity contribution in [2.24, 2.45) is 23.7 Å². The molecule has 5 nitrogen and oxygen atoms in total. The maximum atomic E-state index is 5.97. The molecule has 1 aliphatic carbocycles. The van der Waals surface area contributed by atoms with Crippen LogP contribution in [0.25, 0.3) is 11.5 Å². The van der Waals surface area contributed by atoms with Crippen molar-refractivity contribution in [3.63, 3.8) is 0 Å². The molecule has 1 heterocycles. The molecule has 1 aliphatic rings. The number of aromatic nitrogens is 2. The highest BCUT2D eigenvalue weighted by molar-refractivity contribution is 5.53. The summed E-state index contributed by atoms with van der Waals surface area (Å²) >= 11 is 0. The van der Waals surface area contributed by atoms with Crippen LogP contribution in [0, 0.1) is 36.0 Å². The minimum absolute atomic E-state index is 0.426. The lowest BCUT2D eigenvalue weighted by atomic mass is 9.70. The first-order chi connectivity index (χ1) is 14.0. The fourth-order valence-corrected chi connectivity index (χ4v) is 4.22. The second-order valence-corrected chi connectivity index (χ2v) is 8.18. The van der Waals surface area contributed by atoms with Crippen LogP contribution in [-0.2, 0) is 6.42 Å². The van der Waals surface area contributed by atoms with Gasteiger partial charge in [0.1, 0.15) is 5.75 Å². The van der Waals surface area contributed by atoms with Crippen LogP contribution < -0.4 is 10.1 Å². The highest BCUT2D eigenvalue weighted by atomic mass is 16.5. The third kappa shape index (κ3) is 5.27. The summed E-state index contributed by atoms with van der Waals surface area (Å²) in [5.74, 6) is 6.87. The Bertz CT molecular complexity index is 861. The van der Waals surface area contributed by atoms with E-state index in [9.17, 15) is 0 Å². The molecule has 0 fully saturated rings. The standard InChI is InChI=1S/C24H31N3O2/c1-6-11-25-15-20-12-17(4)19(13-22(20)16(2)3)14-23-26-27-24(29-23)18-7-9-21(28-5)10-8-18/h1,7-10,12,16,19-20,22,25H,11,13-15H2,2-5H3/t19-,20-,22-/m0/s1. The van der Waals surface area contributed by atoms with Crippen LogP contribution in [0.1, 0.15) is 33.1 Å². The number of allylic oxidation sites excluding steroid dienone is 1. The van der Waals surface area contributed by atoms with Crippen LogP contribution in [-0.4, -0.2) is 30.4 Å². The van der Waals surface area contributed by atoms with Gasteiger partial charge in [-0.1, -0.05) is 31.4 Å². The number of nitrogens with one attached hydrogen (secondary N) is 1. The number of hydrogen-bond donors (Lipinski definition) is 1. The summed E-state index contributed by atoms with van der Waals surface area (Å²) in [4.78, 5) is 0. The molecule has 29 heavy (non-hydrogen) atoms. The van der Waals surface area contributed by atoms with E-state index in [1.807, 2.05) is 24.3 Å². The molecule has 1 aromatic heterocycles. The molecular weight excluding hydrogens is 362 g/mol. The van der Waals surface area contributed by atoms with Gasteiger partial charge in [0.25, 0.3) is 0 Å². The maximum absolute atomic E-state index is 5.97. The number of nitrogens with zero attached hydrogens (tertiary/aromatic N) is 2. The summed E-state index contributed by atoms with van der Waals surface area (Å²) in [6, 6.07) is 7.67. The Hall–Kier alpha value is -2.58. The summed E-state index contributed by atoms with van der Waals surface area (Å²) in [6.07, 6.45) is 9.70. The number of benzene rings is 1. The van der Waals surface area contributed by atoms with Gasteiger partial charge in [0.15, 0.2) is 0 Å². The minimum Gasteiger partial charge on any atom is -0.497 e. The van der Waals surface area contributed by atoms with Crippen molar-refractivity contribution in [2.45, 2.75) is 33.6 Å². The van der Waals surface area contributed by atoms with Gasteiger partial charge in [0, 0.05) is 18.5 Å². The number of methoxy groups -OCH3 is 1. The predicted molar refractivity (Wildman–Crippen MR) is 115 cm³/mol. The van der Waals surface area contributed by atoms with Crippen molar-refractivity contribution in [2.75, 3.05) is 20.2 Å². The molecule has 0 spiro atoms. The SMILES string of the molecule is C#CCNC[C@@H]1C=C(C)[C@H](Cc2nnc(-c3ccc(OC)cc3)o2)C[C@H]1C(C)C. The Morgan fingerprint density at radius 2 is 2.03 bits per heavy atom. The molecule has 0 saturated heterocycles. The van der Waals surface area contributed by atoms with E-state index in [-0.39, 0.29) is 0 Å². The fraction of sp³-hybridized carbons (Fsp3) is 0.500. The number of rotatable bonds is 8. The quantitative estimate of drug-likeness (QED) is 0.410. The van der Waals surface area contributed by atoms with Crippen LogP contribution >= 0.6 is 0 Å². The zero-order valence-corrected chi connectivity index (χ0v) is 17.8. The lowest BCUT2D eigenvalue weighted by Gasteiger charge is -2.37. The molecule has 2 aromatic rings. The fourth-order valence-electron chi connectivity index (χ4n) is 4.22. The lowest BCUT2D eigenvalue weighted by molar-refractivity contribution is 0.220. The van der Waals surface area contributed by atoms with Gasteiger partial charge in [0.2, 0.25) is 11.8 Å². The topological polar surface area (TPSA) is 60.2 Å². The monoisotopic (exact) mass is 393 g/mol. The highest BCUT2D eigenvalue weighted by Gasteiger charge is 2.32. The van der Waals surface area contributed by atoms with Crippen LogP contribution in [0.2, 0.25) is 0 Å². The van der Waals surface area contributed by atoms with E-state index in [1.165, 1.54) is 5.57 Å². The van der Waals surface area contributed by atoms with Crippen LogP contribution in [0.5, 0.6) is 5.75 Å². The van der Waals surface area contributed by atoms with Crippen molar-refractivity contribution >= 4 is 0 Å². The first-order valence-corrected chi connectivity index (χ1v) is 10.3. The van der Waals surface area contributed by atoms with Gasteiger partial charge in [-0.3, -0.25) is 0 Å². The second kappa shape index (κ2) is 9.76. The average Bonchev–Trinajstić information content (AvgIpc) is 3.18. The molecule has 0 bridgehead atoms. The molecule has 0 amide bonds. The highest BCUT2D eigenvalue weighted by Crippen LogP contribution is 2.38. The molecule has 3 atom stereocenters. The zero-order valence-electron chi connectivity index (χ0n) is 17.8. The number of terminal acetylenes is 1. The Labute approximate surface area is 173 Å². The molecule has 0 unspecified atom stereocenters. The van der Waals surface area contributed by atoms with Crippen LogP contribution in [0.15, 0.2) is 40.3 Å². The summed E-state index contributed by atoms with van der Waals surface area (Å²) in [5, 5.41) is 11.9. The lowest BCUT2D eigenvalue weighted by Crippen LogP contribution is -2.35. The molecule has 0 saturated carbocycles. The molecule has 3 rings (SSSR count). The van der Waals surface area contributed by atoms with E-state index in [0.29, 0.717) is 42.0 Å². The van der Waals surface area contributed by atoms with E-state index in [1.54, 1.807) is 7.11 Å². The van der Waals surface area contributed by atoms with Crippen molar-refractivity contribution in [3.05, 3.63) is 41.8 Å². The number of hydrogen-bond acceptors (Lipinski definition) is 5. The van der Waals surface area contributed by atoms with E-state index in [0.717, 1.165) is 30.7 Å².